The van der Waals surface area contributed by atoms with Crippen LogP contribution < -0.4 is 15.0 Å². The lowest BCUT2D eigenvalue weighted by molar-refractivity contribution is 0.0109. The average Bonchev–Trinajstić information content (AvgIpc) is 3.36. The SMILES string of the molecule is CO[C@@H](COc1nc(N2CC3CCC(C2)N3)c2cc(Cl)c(-c3cc(O)cc4ccccc34)c(F)c2n1)CN1CCCC[C@H]1C. The predicted octanol–water partition coefficient (Wildman–Crippen LogP) is 6.16. The van der Waals surface area contributed by atoms with E-state index in [9.17, 15) is 5.11 Å². The average molecular weight is 620 g/mol. The van der Waals surface area contributed by atoms with E-state index in [1.807, 2.05) is 24.3 Å². The number of benzene rings is 3. The second-order valence-electron chi connectivity index (χ2n) is 12.5. The van der Waals surface area contributed by atoms with E-state index in [2.05, 4.69) is 27.0 Å². The van der Waals surface area contributed by atoms with Crippen LogP contribution in [0.3, 0.4) is 0 Å². The molecule has 1 aromatic heterocycles. The fourth-order valence-electron chi connectivity index (χ4n) is 7.24. The first-order valence-corrected chi connectivity index (χ1v) is 16.1. The summed E-state index contributed by atoms with van der Waals surface area (Å²) in [6, 6.07) is 13.8. The van der Waals surface area contributed by atoms with Crippen molar-refractivity contribution >= 4 is 39.1 Å². The van der Waals surface area contributed by atoms with E-state index in [1.165, 1.54) is 19.3 Å². The van der Waals surface area contributed by atoms with E-state index >= 15 is 4.39 Å². The van der Waals surface area contributed by atoms with Crippen molar-refractivity contribution in [2.24, 2.45) is 0 Å². The number of nitrogens with one attached hydrogen (secondary N) is 1. The number of piperidine rings is 1. The fraction of sp³-hybridized carbons (Fsp3) is 0.471. The number of piperazine rings is 1. The Morgan fingerprint density at radius 1 is 1.07 bits per heavy atom. The van der Waals surface area contributed by atoms with Crippen LogP contribution in [0, 0.1) is 5.82 Å². The molecule has 3 saturated heterocycles. The third kappa shape index (κ3) is 5.67. The Balaban J connectivity index is 1.30. The number of ether oxygens (including phenoxy) is 2. The van der Waals surface area contributed by atoms with Gasteiger partial charge in [-0.15, -0.1) is 0 Å². The summed E-state index contributed by atoms with van der Waals surface area (Å²) in [6.45, 7) is 5.81. The lowest BCUT2D eigenvalue weighted by Crippen LogP contribution is -2.51. The van der Waals surface area contributed by atoms with Crippen molar-refractivity contribution in [2.45, 2.75) is 63.3 Å². The van der Waals surface area contributed by atoms with Crippen LogP contribution in [-0.4, -0.2) is 84.1 Å². The van der Waals surface area contributed by atoms with E-state index < -0.39 is 5.82 Å². The number of nitrogens with zero attached hydrogens (tertiary/aromatic N) is 4. The van der Waals surface area contributed by atoms with Crippen molar-refractivity contribution in [3.05, 3.63) is 53.3 Å². The highest BCUT2D eigenvalue weighted by Gasteiger charge is 2.34. The summed E-state index contributed by atoms with van der Waals surface area (Å²) in [5, 5.41) is 16.5. The maximum absolute atomic E-state index is 16.8. The number of aromatic nitrogens is 2. The fourth-order valence-corrected chi connectivity index (χ4v) is 7.53. The molecule has 3 fully saturated rings. The van der Waals surface area contributed by atoms with E-state index in [-0.39, 0.29) is 40.6 Å². The zero-order valence-electron chi connectivity index (χ0n) is 25.2. The highest BCUT2D eigenvalue weighted by atomic mass is 35.5. The highest BCUT2D eigenvalue weighted by molar-refractivity contribution is 6.35. The monoisotopic (exact) mass is 619 g/mol. The zero-order valence-corrected chi connectivity index (χ0v) is 26.0. The maximum Gasteiger partial charge on any atom is 0.319 e. The van der Waals surface area contributed by atoms with E-state index in [0.717, 1.165) is 49.8 Å². The smallest absolute Gasteiger partial charge is 0.319 e. The molecule has 2 bridgehead atoms. The summed E-state index contributed by atoms with van der Waals surface area (Å²) in [7, 11) is 1.69. The molecule has 0 aliphatic carbocycles. The predicted molar refractivity (Wildman–Crippen MR) is 172 cm³/mol. The second kappa shape index (κ2) is 12.3. The molecule has 0 spiro atoms. The van der Waals surface area contributed by atoms with Crippen LogP contribution >= 0.6 is 11.6 Å². The number of aromatic hydroxyl groups is 1. The zero-order chi connectivity index (χ0) is 30.4. The van der Waals surface area contributed by atoms with Crippen LogP contribution in [0.15, 0.2) is 42.5 Å². The summed E-state index contributed by atoms with van der Waals surface area (Å²) in [5.41, 5.74) is 0.834. The molecule has 10 heteroatoms. The Morgan fingerprint density at radius 3 is 2.64 bits per heavy atom. The van der Waals surface area contributed by atoms with Crippen molar-refractivity contribution in [1.29, 1.82) is 0 Å². The molecule has 0 amide bonds. The molecule has 4 aromatic rings. The van der Waals surface area contributed by atoms with Crippen LogP contribution in [-0.2, 0) is 4.74 Å². The highest BCUT2D eigenvalue weighted by Crippen LogP contribution is 2.43. The maximum atomic E-state index is 16.8. The van der Waals surface area contributed by atoms with E-state index in [1.54, 1.807) is 25.3 Å². The van der Waals surface area contributed by atoms with Gasteiger partial charge in [-0.05, 0) is 73.7 Å². The molecule has 3 aromatic carbocycles. The third-order valence-electron chi connectivity index (χ3n) is 9.58. The van der Waals surface area contributed by atoms with Gasteiger partial charge < -0.3 is 24.8 Å². The van der Waals surface area contributed by atoms with Crippen LogP contribution in [0.5, 0.6) is 11.8 Å². The van der Waals surface area contributed by atoms with Crippen molar-refractivity contribution in [1.82, 2.24) is 20.2 Å². The molecule has 44 heavy (non-hydrogen) atoms. The second-order valence-corrected chi connectivity index (χ2v) is 12.9. The normalized spacial score (nSPS) is 23.0. The quantitative estimate of drug-likeness (QED) is 0.243. The summed E-state index contributed by atoms with van der Waals surface area (Å²) in [4.78, 5) is 14.2. The van der Waals surface area contributed by atoms with Crippen LogP contribution in [0.1, 0.15) is 39.0 Å². The first-order chi connectivity index (χ1) is 21.4. The number of phenols is 1. The molecule has 8 nitrogen and oxygen atoms in total. The van der Waals surface area contributed by atoms with Gasteiger partial charge in [-0.25, -0.2) is 4.39 Å². The summed E-state index contributed by atoms with van der Waals surface area (Å²) >= 11 is 6.88. The molecule has 0 saturated carbocycles. The minimum absolute atomic E-state index is 0.0339. The Labute approximate surface area is 262 Å². The van der Waals surface area contributed by atoms with Gasteiger partial charge in [0, 0.05) is 55.8 Å². The summed E-state index contributed by atoms with van der Waals surface area (Å²) in [5.74, 6) is 0.0852. The van der Waals surface area contributed by atoms with E-state index in [4.69, 9.17) is 26.1 Å². The molecule has 232 valence electrons. The van der Waals surface area contributed by atoms with Gasteiger partial charge in [-0.2, -0.15) is 9.97 Å². The van der Waals surface area contributed by atoms with Crippen molar-refractivity contribution in [3.8, 4) is 22.9 Å². The largest absolute Gasteiger partial charge is 0.508 e. The Hall–Kier alpha value is -3.24. The molecule has 0 radical (unpaired) electrons. The van der Waals surface area contributed by atoms with Gasteiger partial charge in [0.05, 0.1) is 5.02 Å². The molecule has 2 N–H and O–H groups in total. The number of hydrogen-bond acceptors (Lipinski definition) is 8. The first kappa shape index (κ1) is 29.5. The number of likely N-dealkylation sites (tertiary alicyclic amines) is 1. The van der Waals surface area contributed by atoms with Crippen LogP contribution in [0.25, 0.3) is 32.8 Å². The molecule has 3 aliphatic rings. The van der Waals surface area contributed by atoms with Gasteiger partial charge in [-0.3, -0.25) is 4.90 Å². The molecular weight excluding hydrogens is 581 g/mol. The van der Waals surface area contributed by atoms with Gasteiger partial charge >= 0.3 is 6.01 Å². The lowest BCUT2D eigenvalue weighted by Gasteiger charge is -2.35. The summed E-state index contributed by atoms with van der Waals surface area (Å²) in [6.07, 6.45) is 5.63. The van der Waals surface area contributed by atoms with Gasteiger partial charge in [0.15, 0.2) is 5.82 Å². The lowest BCUT2D eigenvalue weighted by atomic mass is 9.96. The number of halogens is 2. The number of hydrogen-bond donors (Lipinski definition) is 2. The number of anilines is 1. The standard InChI is InChI=1S/C34H39ClFN5O3/c1-20-7-5-6-12-40(20)18-25(43-2)19-44-34-38-32-28(33(39-34)41-16-22-10-11-23(17-41)37-22)15-29(35)30(31(32)36)27-14-24(42)13-21-8-3-4-9-26(21)27/h3-4,8-9,13-15,20,22-23,25,37,42H,5-7,10-12,16-19H2,1-2H3/t20-,22?,23?,25-/m1/s1. The minimum atomic E-state index is -0.569. The van der Waals surface area contributed by atoms with Gasteiger partial charge in [-0.1, -0.05) is 42.3 Å². The van der Waals surface area contributed by atoms with Crippen LogP contribution in [0.2, 0.25) is 5.02 Å². The Kier molecular flexibility index (Phi) is 8.22. The van der Waals surface area contributed by atoms with Gasteiger partial charge in [0.25, 0.3) is 0 Å². The first-order valence-electron chi connectivity index (χ1n) is 15.7. The molecule has 7 rings (SSSR count). The number of rotatable bonds is 8. The van der Waals surface area contributed by atoms with Crippen molar-refractivity contribution in [3.63, 3.8) is 0 Å². The van der Waals surface area contributed by atoms with Gasteiger partial charge in [0.1, 0.15) is 29.8 Å². The minimum Gasteiger partial charge on any atom is -0.508 e. The topological polar surface area (TPSA) is 83.0 Å². The number of methoxy groups -OCH3 is 1. The van der Waals surface area contributed by atoms with Gasteiger partial charge in [0.2, 0.25) is 0 Å². The molecule has 2 unspecified atom stereocenters. The number of fused-ring (bicyclic) bond motifs is 4. The van der Waals surface area contributed by atoms with Crippen molar-refractivity contribution in [2.75, 3.05) is 44.8 Å². The molecule has 3 aliphatic heterocycles. The Bertz CT molecular complexity index is 1680. The Morgan fingerprint density at radius 2 is 1.86 bits per heavy atom. The van der Waals surface area contributed by atoms with E-state index in [0.29, 0.717) is 34.9 Å². The summed E-state index contributed by atoms with van der Waals surface area (Å²) < 4.78 is 28.8. The third-order valence-corrected chi connectivity index (χ3v) is 9.88. The van der Waals surface area contributed by atoms with Crippen molar-refractivity contribution < 1.29 is 19.0 Å². The number of phenolic OH excluding ortho intramolecular Hbond substituents is 1. The van der Waals surface area contributed by atoms with Crippen LogP contribution in [0.4, 0.5) is 10.2 Å². The molecule has 4 atom stereocenters. The molecule has 4 heterocycles. The molecular formula is C34H39ClFN5O3.